The smallest absolute Gasteiger partial charge is 0.226 e. The highest BCUT2D eigenvalue weighted by Crippen LogP contribution is 2.18. The standard InChI is InChI=1S/C17H18N8/c1-24-16-14(11-21-24)15(18)22-17(23-16)19-9-7-12-3-5-13(6-4-12)25-10-2-8-20-25/h2-6,8,10-11H,7,9H2,1H3,(H3,18,19,22,23). The third-order valence-electron chi connectivity index (χ3n) is 4.02. The lowest BCUT2D eigenvalue weighted by Gasteiger charge is -2.07. The van der Waals surface area contributed by atoms with Crippen molar-refractivity contribution in [3.8, 4) is 5.69 Å². The van der Waals surface area contributed by atoms with Gasteiger partial charge in [0.2, 0.25) is 5.95 Å². The van der Waals surface area contributed by atoms with Crippen LogP contribution < -0.4 is 11.1 Å². The second-order valence-electron chi connectivity index (χ2n) is 5.73. The van der Waals surface area contributed by atoms with Crippen LogP contribution >= 0.6 is 0 Å². The molecular formula is C17H18N8. The van der Waals surface area contributed by atoms with Crippen molar-refractivity contribution in [3.63, 3.8) is 0 Å². The number of rotatable bonds is 5. The van der Waals surface area contributed by atoms with Crippen LogP contribution in [-0.2, 0) is 13.5 Å². The van der Waals surface area contributed by atoms with Crippen LogP contribution in [0.4, 0.5) is 11.8 Å². The summed E-state index contributed by atoms with van der Waals surface area (Å²) in [5.41, 5.74) is 8.95. The number of nitrogens with two attached hydrogens (primary N) is 1. The van der Waals surface area contributed by atoms with Crippen LogP contribution in [0, 0.1) is 0 Å². The maximum absolute atomic E-state index is 5.96. The van der Waals surface area contributed by atoms with E-state index >= 15 is 0 Å². The normalized spacial score (nSPS) is 11.1. The van der Waals surface area contributed by atoms with Gasteiger partial charge in [-0.05, 0) is 30.2 Å². The Morgan fingerprint density at radius 2 is 1.96 bits per heavy atom. The van der Waals surface area contributed by atoms with Crippen LogP contribution in [0.3, 0.4) is 0 Å². The molecule has 8 nitrogen and oxygen atoms in total. The summed E-state index contributed by atoms with van der Waals surface area (Å²) in [6.45, 7) is 0.712. The molecule has 8 heteroatoms. The Kier molecular flexibility index (Phi) is 3.77. The summed E-state index contributed by atoms with van der Waals surface area (Å²) in [5, 5.41) is 12.4. The predicted molar refractivity (Wildman–Crippen MR) is 96.5 cm³/mol. The number of nitrogens with one attached hydrogen (secondary N) is 1. The molecule has 0 saturated carbocycles. The van der Waals surface area contributed by atoms with Gasteiger partial charge in [0, 0.05) is 26.0 Å². The predicted octanol–water partition coefficient (Wildman–Crippen LogP) is 1.79. The summed E-state index contributed by atoms with van der Waals surface area (Å²) in [7, 11) is 1.83. The van der Waals surface area contributed by atoms with Crippen LogP contribution in [-0.4, -0.2) is 36.1 Å². The minimum atomic E-state index is 0.434. The molecule has 0 bridgehead atoms. The first-order valence-corrected chi connectivity index (χ1v) is 7.99. The number of aromatic nitrogens is 6. The highest BCUT2D eigenvalue weighted by atomic mass is 15.3. The fraction of sp³-hybridized carbons (Fsp3) is 0.176. The van der Waals surface area contributed by atoms with Crippen molar-refractivity contribution in [2.75, 3.05) is 17.6 Å². The van der Waals surface area contributed by atoms with Gasteiger partial charge in [0.25, 0.3) is 0 Å². The minimum absolute atomic E-state index is 0.434. The van der Waals surface area contributed by atoms with Gasteiger partial charge in [0.15, 0.2) is 5.65 Å². The summed E-state index contributed by atoms with van der Waals surface area (Å²) >= 11 is 0. The Morgan fingerprint density at radius 3 is 2.72 bits per heavy atom. The van der Waals surface area contributed by atoms with Crippen molar-refractivity contribution in [2.24, 2.45) is 7.05 Å². The third-order valence-corrected chi connectivity index (χ3v) is 4.02. The van der Waals surface area contributed by atoms with E-state index in [1.807, 2.05) is 24.0 Å². The highest BCUT2D eigenvalue weighted by Gasteiger charge is 2.08. The lowest BCUT2D eigenvalue weighted by atomic mass is 10.1. The first-order chi connectivity index (χ1) is 12.2. The van der Waals surface area contributed by atoms with E-state index in [1.165, 1.54) is 5.56 Å². The fourth-order valence-corrected chi connectivity index (χ4v) is 2.68. The molecule has 4 aromatic rings. The van der Waals surface area contributed by atoms with Gasteiger partial charge in [-0.2, -0.15) is 20.2 Å². The van der Waals surface area contributed by atoms with E-state index in [-0.39, 0.29) is 0 Å². The van der Waals surface area contributed by atoms with Gasteiger partial charge >= 0.3 is 0 Å². The molecular weight excluding hydrogens is 316 g/mol. The van der Waals surface area contributed by atoms with Crippen molar-refractivity contribution in [2.45, 2.75) is 6.42 Å². The number of anilines is 2. The van der Waals surface area contributed by atoms with Crippen LogP contribution in [0.1, 0.15) is 5.56 Å². The molecule has 126 valence electrons. The molecule has 3 heterocycles. The average molecular weight is 334 g/mol. The molecule has 4 rings (SSSR count). The van der Waals surface area contributed by atoms with Gasteiger partial charge < -0.3 is 11.1 Å². The topological polar surface area (TPSA) is 99.5 Å². The van der Waals surface area contributed by atoms with E-state index in [0.717, 1.165) is 23.1 Å². The third kappa shape index (κ3) is 3.01. The summed E-state index contributed by atoms with van der Waals surface area (Å²) < 4.78 is 3.52. The zero-order chi connectivity index (χ0) is 17.2. The Balaban J connectivity index is 1.41. The molecule has 3 N–H and O–H groups in total. The van der Waals surface area contributed by atoms with Crippen molar-refractivity contribution in [1.82, 2.24) is 29.5 Å². The average Bonchev–Trinajstić information content (AvgIpc) is 3.27. The van der Waals surface area contributed by atoms with Crippen LogP contribution in [0.15, 0.2) is 48.9 Å². The minimum Gasteiger partial charge on any atom is -0.383 e. The van der Waals surface area contributed by atoms with Crippen molar-refractivity contribution in [3.05, 3.63) is 54.5 Å². The molecule has 0 amide bonds. The molecule has 3 aromatic heterocycles. The molecule has 0 spiro atoms. The largest absolute Gasteiger partial charge is 0.383 e. The Bertz CT molecular complexity index is 986. The molecule has 0 radical (unpaired) electrons. The summed E-state index contributed by atoms with van der Waals surface area (Å²) in [5.74, 6) is 0.950. The van der Waals surface area contributed by atoms with E-state index in [0.29, 0.717) is 18.3 Å². The molecule has 0 unspecified atom stereocenters. The number of nitrogens with zero attached hydrogens (tertiary/aromatic N) is 6. The number of nitrogen functional groups attached to an aromatic ring is 1. The van der Waals surface area contributed by atoms with Crippen molar-refractivity contribution in [1.29, 1.82) is 0 Å². The maximum Gasteiger partial charge on any atom is 0.226 e. The Labute approximate surface area is 144 Å². The highest BCUT2D eigenvalue weighted by molar-refractivity contribution is 5.86. The van der Waals surface area contributed by atoms with Gasteiger partial charge in [-0.3, -0.25) is 4.68 Å². The lowest BCUT2D eigenvalue weighted by Crippen LogP contribution is -2.10. The van der Waals surface area contributed by atoms with Crippen LogP contribution in [0.5, 0.6) is 0 Å². The molecule has 0 aliphatic carbocycles. The van der Waals surface area contributed by atoms with Gasteiger partial charge in [-0.15, -0.1) is 0 Å². The van der Waals surface area contributed by atoms with Crippen LogP contribution in [0.25, 0.3) is 16.7 Å². The molecule has 0 atom stereocenters. The number of hydrogen-bond acceptors (Lipinski definition) is 6. The maximum atomic E-state index is 5.96. The van der Waals surface area contributed by atoms with Gasteiger partial charge in [0.05, 0.1) is 17.3 Å². The first-order valence-electron chi connectivity index (χ1n) is 7.99. The second-order valence-corrected chi connectivity index (χ2v) is 5.73. The lowest BCUT2D eigenvalue weighted by molar-refractivity contribution is 0.785. The molecule has 25 heavy (non-hydrogen) atoms. The van der Waals surface area contributed by atoms with Gasteiger partial charge in [0.1, 0.15) is 5.82 Å². The van der Waals surface area contributed by atoms with Crippen molar-refractivity contribution >= 4 is 22.8 Å². The van der Waals surface area contributed by atoms with Gasteiger partial charge in [-0.25, -0.2) is 4.68 Å². The Morgan fingerprint density at radius 1 is 1.12 bits per heavy atom. The summed E-state index contributed by atoms with van der Waals surface area (Å²) in [6, 6.07) is 10.2. The molecule has 1 aromatic carbocycles. The number of benzene rings is 1. The van der Waals surface area contributed by atoms with Gasteiger partial charge in [-0.1, -0.05) is 12.1 Å². The van der Waals surface area contributed by atoms with E-state index < -0.39 is 0 Å². The monoisotopic (exact) mass is 334 g/mol. The number of fused-ring (bicyclic) bond motifs is 1. The number of hydrogen-bond donors (Lipinski definition) is 2. The van der Waals surface area contributed by atoms with E-state index in [9.17, 15) is 0 Å². The van der Waals surface area contributed by atoms with E-state index in [2.05, 4.69) is 49.7 Å². The SMILES string of the molecule is Cn1ncc2c(N)nc(NCCc3ccc(-n4cccn4)cc3)nc21. The number of aryl methyl sites for hydroxylation is 1. The molecule has 0 saturated heterocycles. The molecule has 0 aliphatic heterocycles. The quantitative estimate of drug-likeness (QED) is 0.577. The van der Waals surface area contributed by atoms with E-state index in [4.69, 9.17) is 5.73 Å². The van der Waals surface area contributed by atoms with Crippen molar-refractivity contribution < 1.29 is 0 Å². The van der Waals surface area contributed by atoms with Crippen LogP contribution in [0.2, 0.25) is 0 Å². The van der Waals surface area contributed by atoms with E-state index in [1.54, 1.807) is 17.1 Å². The summed E-state index contributed by atoms with van der Waals surface area (Å²) in [6.07, 6.45) is 6.22. The molecule has 0 fully saturated rings. The first kappa shape index (κ1) is 15.1. The Hall–Kier alpha value is -3.42. The zero-order valence-electron chi connectivity index (χ0n) is 13.8. The fourth-order valence-electron chi connectivity index (χ4n) is 2.68. The second kappa shape index (κ2) is 6.23. The molecule has 0 aliphatic rings. The summed E-state index contributed by atoms with van der Waals surface area (Å²) in [4.78, 5) is 8.75. The zero-order valence-corrected chi connectivity index (χ0v) is 13.8.